The monoisotopic (exact) mass is 266 g/mol. The van der Waals surface area contributed by atoms with Gasteiger partial charge in [-0.1, -0.05) is 6.07 Å². The highest BCUT2D eigenvalue weighted by Crippen LogP contribution is 2.40. The van der Waals surface area contributed by atoms with Gasteiger partial charge in [0.2, 0.25) is 0 Å². The second-order valence-corrected chi connectivity index (χ2v) is 5.96. The van der Waals surface area contributed by atoms with E-state index in [1.165, 1.54) is 24.6 Å². The van der Waals surface area contributed by atoms with Crippen molar-refractivity contribution in [2.45, 2.75) is 25.8 Å². The molecular formula is C15H20F2N2. The van der Waals surface area contributed by atoms with Crippen molar-refractivity contribution in [2.24, 2.45) is 5.41 Å². The smallest absolute Gasteiger partial charge is 0.130 e. The minimum Gasteiger partial charge on any atom is -0.316 e. The number of likely N-dealkylation sites (tertiary alicyclic amines) is 1. The fraction of sp³-hybridized carbons (Fsp3) is 0.600. The van der Waals surface area contributed by atoms with Crippen molar-refractivity contribution >= 4 is 0 Å². The summed E-state index contributed by atoms with van der Waals surface area (Å²) in [6.07, 6.45) is 2.30. The second kappa shape index (κ2) is 4.84. The Morgan fingerprint density at radius 3 is 2.63 bits per heavy atom. The number of rotatable bonds is 2. The molecule has 1 aromatic carbocycles. The molecule has 2 aliphatic heterocycles. The lowest BCUT2D eigenvalue weighted by molar-refractivity contribution is 0.216. The Balaban J connectivity index is 1.80. The first-order valence-corrected chi connectivity index (χ1v) is 7.00. The van der Waals surface area contributed by atoms with Gasteiger partial charge >= 0.3 is 0 Å². The molecule has 2 fully saturated rings. The van der Waals surface area contributed by atoms with Crippen molar-refractivity contribution < 1.29 is 8.78 Å². The lowest BCUT2D eigenvalue weighted by atomic mass is 9.86. The molecule has 2 nitrogen and oxygen atoms in total. The molecule has 19 heavy (non-hydrogen) atoms. The van der Waals surface area contributed by atoms with Gasteiger partial charge in [-0.2, -0.15) is 0 Å². The number of nitrogens with one attached hydrogen (secondary N) is 1. The Labute approximate surface area is 112 Å². The summed E-state index contributed by atoms with van der Waals surface area (Å²) in [5.41, 5.74) is 0.543. The largest absolute Gasteiger partial charge is 0.316 e. The summed E-state index contributed by atoms with van der Waals surface area (Å²) in [5.74, 6) is -0.865. The molecule has 3 rings (SSSR count). The Hall–Kier alpha value is -1.00. The van der Waals surface area contributed by atoms with Crippen molar-refractivity contribution in [3.8, 4) is 0 Å². The molecule has 0 saturated carbocycles. The maximum Gasteiger partial charge on any atom is 0.130 e. The second-order valence-electron chi connectivity index (χ2n) is 5.96. The highest BCUT2D eigenvalue weighted by Gasteiger charge is 2.42. The van der Waals surface area contributed by atoms with Gasteiger partial charge < -0.3 is 5.32 Å². The SMILES string of the molecule is CC(c1c(F)cccc1F)N1CCC2(CCNC2)C1. The van der Waals surface area contributed by atoms with Crippen LogP contribution in [-0.2, 0) is 0 Å². The lowest BCUT2D eigenvalue weighted by Crippen LogP contribution is -2.31. The van der Waals surface area contributed by atoms with Gasteiger partial charge in [0.25, 0.3) is 0 Å². The molecule has 104 valence electrons. The van der Waals surface area contributed by atoms with Gasteiger partial charge in [-0.15, -0.1) is 0 Å². The van der Waals surface area contributed by atoms with Crippen LogP contribution in [0.4, 0.5) is 8.78 Å². The predicted octanol–water partition coefficient (Wildman–Crippen LogP) is 2.71. The molecule has 0 bridgehead atoms. The van der Waals surface area contributed by atoms with Crippen LogP contribution in [0.1, 0.15) is 31.4 Å². The minimum absolute atomic E-state index is 0.193. The van der Waals surface area contributed by atoms with E-state index >= 15 is 0 Å². The molecule has 2 atom stereocenters. The third-order valence-corrected chi connectivity index (χ3v) is 4.77. The number of benzene rings is 1. The summed E-state index contributed by atoms with van der Waals surface area (Å²) in [6.45, 7) is 5.88. The van der Waals surface area contributed by atoms with Crippen molar-refractivity contribution in [1.29, 1.82) is 0 Å². The Bertz CT molecular complexity index is 449. The zero-order valence-corrected chi connectivity index (χ0v) is 11.3. The highest BCUT2D eigenvalue weighted by atomic mass is 19.1. The first-order valence-electron chi connectivity index (χ1n) is 7.00. The maximum atomic E-state index is 13.8. The summed E-state index contributed by atoms with van der Waals surface area (Å²) >= 11 is 0. The van der Waals surface area contributed by atoms with Crippen LogP contribution in [0, 0.1) is 17.0 Å². The van der Waals surface area contributed by atoms with Crippen molar-refractivity contribution in [3.05, 3.63) is 35.4 Å². The molecule has 0 aromatic heterocycles. The Morgan fingerprint density at radius 1 is 1.26 bits per heavy atom. The van der Waals surface area contributed by atoms with E-state index in [2.05, 4.69) is 10.2 Å². The summed E-state index contributed by atoms with van der Waals surface area (Å²) in [4.78, 5) is 2.22. The quantitative estimate of drug-likeness (QED) is 0.885. The van der Waals surface area contributed by atoms with E-state index in [4.69, 9.17) is 0 Å². The van der Waals surface area contributed by atoms with Crippen molar-refractivity contribution in [2.75, 3.05) is 26.2 Å². The number of hydrogen-bond donors (Lipinski definition) is 1. The van der Waals surface area contributed by atoms with E-state index in [9.17, 15) is 8.78 Å². The molecule has 2 heterocycles. The van der Waals surface area contributed by atoms with E-state index in [0.29, 0.717) is 5.41 Å². The van der Waals surface area contributed by atoms with E-state index in [1.807, 2.05) is 6.92 Å². The maximum absolute atomic E-state index is 13.8. The molecule has 4 heteroatoms. The van der Waals surface area contributed by atoms with Gasteiger partial charge in [-0.05, 0) is 50.4 Å². The summed E-state index contributed by atoms with van der Waals surface area (Å²) < 4.78 is 27.7. The van der Waals surface area contributed by atoms with Gasteiger partial charge in [0.15, 0.2) is 0 Å². The van der Waals surface area contributed by atoms with Gasteiger partial charge in [0.05, 0.1) is 0 Å². The van der Waals surface area contributed by atoms with Crippen molar-refractivity contribution in [1.82, 2.24) is 10.2 Å². The molecule has 1 aromatic rings. The van der Waals surface area contributed by atoms with Crippen LogP contribution in [0.25, 0.3) is 0 Å². The molecular weight excluding hydrogens is 246 g/mol. The summed E-state index contributed by atoms with van der Waals surface area (Å²) in [7, 11) is 0. The lowest BCUT2D eigenvalue weighted by Gasteiger charge is -2.28. The van der Waals surface area contributed by atoms with Gasteiger partial charge in [0.1, 0.15) is 11.6 Å². The minimum atomic E-state index is -0.432. The van der Waals surface area contributed by atoms with E-state index in [-0.39, 0.29) is 11.6 Å². The van der Waals surface area contributed by atoms with Crippen LogP contribution < -0.4 is 5.32 Å². The van der Waals surface area contributed by atoms with Gasteiger partial charge in [-0.3, -0.25) is 4.90 Å². The molecule has 1 spiro atoms. The van der Waals surface area contributed by atoms with E-state index < -0.39 is 11.6 Å². The summed E-state index contributed by atoms with van der Waals surface area (Å²) in [6, 6.07) is 3.92. The summed E-state index contributed by atoms with van der Waals surface area (Å²) in [5, 5.41) is 3.40. The first-order chi connectivity index (χ1) is 9.11. The molecule has 2 unspecified atom stereocenters. The van der Waals surface area contributed by atoms with Crippen LogP contribution in [0.15, 0.2) is 18.2 Å². The van der Waals surface area contributed by atoms with Crippen LogP contribution in [0.5, 0.6) is 0 Å². The van der Waals surface area contributed by atoms with Crippen LogP contribution in [0.2, 0.25) is 0 Å². The van der Waals surface area contributed by atoms with Crippen LogP contribution in [-0.4, -0.2) is 31.1 Å². The average molecular weight is 266 g/mol. The topological polar surface area (TPSA) is 15.3 Å². The Kier molecular flexibility index (Phi) is 3.31. The normalized spacial score (nSPS) is 29.2. The molecule has 0 radical (unpaired) electrons. The number of nitrogens with zero attached hydrogens (tertiary/aromatic N) is 1. The highest BCUT2D eigenvalue weighted by molar-refractivity contribution is 5.23. The van der Waals surface area contributed by atoms with Gasteiger partial charge in [0, 0.05) is 24.7 Å². The zero-order valence-electron chi connectivity index (χ0n) is 11.3. The molecule has 0 amide bonds. The number of hydrogen-bond acceptors (Lipinski definition) is 2. The van der Waals surface area contributed by atoms with Gasteiger partial charge in [-0.25, -0.2) is 8.78 Å². The zero-order chi connectivity index (χ0) is 13.5. The first kappa shape index (κ1) is 13.0. The third kappa shape index (κ3) is 2.28. The van der Waals surface area contributed by atoms with Crippen molar-refractivity contribution in [3.63, 3.8) is 0 Å². The number of halogens is 2. The molecule has 2 aliphatic rings. The van der Waals surface area contributed by atoms with E-state index in [0.717, 1.165) is 32.6 Å². The Morgan fingerprint density at radius 2 is 2.00 bits per heavy atom. The molecule has 2 saturated heterocycles. The predicted molar refractivity (Wildman–Crippen MR) is 70.9 cm³/mol. The fourth-order valence-electron chi connectivity index (χ4n) is 3.54. The average Bonchev–Trinajstić information content (AvgIpc) is 3.00. The van der Waals surface area contributed by atoms with Crippen LogP contribution >= 0.6 is 0 Å². The van der Waals surface area contributed by atoms with E-state index in [1.54, 1.807) is 0 Å². The molecule has 1 N–H and O–H groups in total. The fourth-order valence-corrected chi connectivity index (χ4v) is 3.54. The third-order valence-electron chi connectivity index (χ3n) is 4.77. The standard InChI is InChI=1S/C15H20F2N2/c1-11(14-12(16)3-2-4-13(14)17)19-8-6-15(10-19)5-7-18-9-15/h2-4,11,18H,5-10H2,1H3. The molecule has 0 aliphatic carbocycles. The van der Waals surface area contributed by atoms with Crippen LogP contribution in [0.3, 0.4) is 0 Å².